The van der Waals surface area contributed by atoms with Gasteiger partial charge in [-0.1, -0.05) is 18.2 Å². The van der Waals surface area contributed by atoms with E-state index in [-0.39, 0.29) is 6.17 Å². The predicted octanol–water partition coefficient (Wildman–Crippen LogP) is 2.47. The Morgan fingerprint density at radius 1 is 1.24 bits per heavy atom. The van der Waals surface area contributed by atoms with Gasteiger partial charge in [0.15, 0.2) is 0 Å². The van der Waals surface area contributed by atoms with Crippen LogP contribution in [-0.4, -0.2) is 22.6 Å². The van der Waals surface area contributed by atoms with E-state index in [1.807, 2.05) is 47.6 Å². The van der Waals surface area contributed by atoms with Crippen LogP contribution >= 0.6 is 0 Å². The van der Waals surface area contributed by atoms with Gasteiger partial charge in [-0.2, -0.15) is 0 Å². The molecule has 4 heteroatoms. The van der Waals surface area contributed by atoms with E-state index in [9.17, 15) is 0 Å². The van der Waals surface area contributed by atoms with Gasteiger partial charge in [0.1, 0.15) is 12.8 Å². The van der Waals surface area contributed by atoms with E-state index in [0.717, 1.165) is 11.1 Å². The lowest BCUT2D eigenvalue weighted by atomic mass is 10.1. The van der Waals surface area contributed by atoms with Crippen LogP contribution in [0, 0.1) is 12.0 Å². The number of hydrogen-bond donors (Lipinski definition) is 2. The van der Waals surface area contributed by atoms with Crippen LogP contribution in [0.25, 0.3) is 0 Å². The topological polar surface area (TPSA) is 48.3 Å². The van der Waals surface area contributed by atoms with Gasteiger partial charge in [-0.15, -0.1) is 0 Å². The fourth-order valence-electron chi connectivity index (χ4n) is 2.55. The van der Waals surface area contributed by atoms with Crippen molar-refractivity contribution in [2.75, 3.05) is 11.6 Å². The minimum Gasteiger partial charge on any atom is -0.365 e. The lowest BCUT2D eigenvalue weighted by Gasteiger charge is -2.40. The largest absolute Gasteiger partial charge is 0.365 e. The van der Waals surface area contributed by atoms with E-state index in [2.05, 4.69) is 35.7 Å². The number of H-pyrrole nitrogens is 1. The molecular formula is C17H20N4. The third-order valence-electron chi connectivity index (χ3n) is 3.76. The molecule has 1 unspecified atom stereocenters. The first-order chi connectivity index (χ1) is 10.2. The van der Waals surface area contributed by atoms with Gasteiger partial charge in [0, 0.05) is 35.6 Å². The summed E-state index contributed by atoms with van der Waals surface area (Å²) in [7, 11) is 0. The smallest absolute Gasteiger partial charge is 0.116 e. The second kappa shape index (κ2) is 5.55. The minimum atomic E-state index is -0.197. The Morgan fingerprint density at radius 3 is 2.71 bits per heavy atom. The first-order valence-electron chi connectivity index (χ1n) is 7.19. The monoisotopic (exact) mass is 280 g/mol. The highest BCUT2D eigenvalue weighted by Crippen LogP contribution is 2.33. The van der Waals surface area contributed by atoms with E-state index < -0.39 is 0 Å². The summed E-state index contributed by atoms with van der Waals surface area (Å²) in [6.45, 7) is 5.07. The van der Waals surface area contributed by atoms with Crippen LogP contribution in [0.3, 0.4) is 0 Å². The molecule has 0 saturated carbocycles. The highest BCUT2D eigenvalue weighted by molar-refractivity contribution is 5.56. The molecule has 0 amide bonds. The highest BCUT2D eigenvalue weighted by atomic mass is 15.4. The lowest BCUT2D eigenvalue weighted by molar-refractivity contribution is 0.280. The molecule has 0 spiro atoms. The van der Waals surface area contributed by atoms with Gasteiger partial charge in [-0.3, -0.25) is 4.90 Å². The molecule has 0 saturated heterocycles. The molecule has 3 N–H and O–H groups in total. The Bertz CT molecular complexity index is 663. The number of nitrogens with zero attached hydrogens (tertiary/aromatic N) is 2. The quantitative estimate of drug-likeness (QED) is 0.789. The summed E-state index contributed by atoms with van der Waals surface area (Å²) >= 11 is 0. The molecule has 2 heterocycles. The molecule has 1 aromatic heterocycles. The molecule has 1 aromatic carbocycles. The van der Waals surface area contributed by atoms with Crippen LogP contribution in [0.15, 0.2) is 42.7 Å². The Labute approximate surface area is 125 Å². The number of rotatable bonds is 1. The van der Waals surface area contributed by atoms with Gasteiger partial charge < -0.3 is 15.6 Å². The zero-order valence-corrected chi connectivity index (χ0v) is 12.4. The number of benzene rings is 1. The van der Waals surface area contributed by atoms with Gasteiger partial charge in [0.05, 0.1) is 5.69 Å². The zero-order valence-electron chi connectivity index (χ0n) is 12.4. The first-order valence-corrected chi connectivity index (χ1v) is 7.19. The van der Waals surface area contributed by atoms with Crippen LogP contribution in [0.2, 0.25) is 0 Å². The minimum absolute atomic E-state index is 0.197. The van der Waals surface area contributed by atoms with Crippen molar-refractivity contribution in [3.63, 3.8) is 0 Å². The van der Waals surface area contributed by atoms with E-state index >= 15 is 0 Å². The number of anilines is 1. The Hall–Kier alpha value is -2.38. The molecule has 0 radical (unpaired) electrons. The molecule has 21 heavy (non-hydrogen) atoms. The van der Waals surface area contributed by atoms with Crippen molar-refractivity contribution < 1.29 is 0 Å². The fourth-order valence-corrected chi connectivity index (χ4v) is 2.55. The Morgan fingerprint density at radius 2 is 2.00 bits per heavy atom. The van der Waals surface area contributed by atoms with Crippen LogP contribution < -0.4 is 10.6 Å². The highest BCUT2D eigenvalue weighted by Gasteiger charge is 2.29. The number of aromatic amines is 1. The molecule has 2 aromatic rings. The van der Waals surface area contributed by atoms with Crippen LogP contribution in [0.1, 0.15) is 31.1 Å². The maximum absolute atomic E-state index is 6.34. The number of hydrogen-bond acceptors (Lipinski definition) is 3. The predicted molar refractivity (Wildman–Crippen MR) is 85.4 cm³/mol. The number of nitrogens with one attached hydrogen (secondary N) is 1. The normalized spacial score (nSPS) is 17.4. The summed E-state index contributed by atoms with van der Waals surface area (Å²) in [5.74, 6) is 3.19. The standard InChI is InChI=1S/C17H20N4/c1-13(2)21-12-20(9-8-14-6-4-3-5-7-14)17(18)15-10-19-11-16(15)21/h3-7,10-11,13,17,19H,12,18H2,1-2H3. The maximum Gasteiger partial charge on any atom is 0.116 e. The van der Waals surface area contributed by atoms with E-state index in [1.165, 1.54) is 5.69 Å². The summed E-state index contributed by atoms with van der Waals surface area (Å²) in [5.41, 5.74) is 9.61. The van der Waals surface area contributed by atoms with E-state index in [1.54, 1.807) is 0 Å². The van der Waals surface area contributed by atoms with Crippen molar-refractivity contribution in [2.24, 2.45) is 5.73 Å². The molecular weight excluding hydrogens is 260 g/mol. The van der Waals surface area contributed by atoms with Gasteiger partial charge in [-0.25, -0.2) is 0 Å². The van der Waals surface area contributed by atoms with Crippen LogP contribution in [-0.2, 0) is 0 Å². The average molecular weight is 280 g/mol. The third-order valence-corrected chi connectivity index (χ3v) is 3.76. The van der Waals surface area contributed by atoms with Crippen molar-refractivity contribution in [1.29, 1.82) is 0 Å². The van der Waals surface area contributed by atoms with E-state index in [0.29, 0.717) is 12.7 Å². The second-order valence-electron chi connectivity index (χ2n) is 5.52. The fraction of sp³-hybridized carbons (Fsp3) is 0.294. The van der Waals surface area contributed by atoms with Crippen molar-refractivity contribution in [2.45, 2.75) is 26.1 Å². The summed E-state index contributed by atoms with van der Waals surface area (Å²) in [6.07, 6.45) is 3.78. The molecule has 0 bridgehead atoms. The van der Waals surface area contributed by atoms with Crippen molar-refractivity contribution in [1.82, 2.24) is 9.88 Å². The van der Waals surface area contributed by atoms with E-state index in [4.69, 9.17) is 5.73 Å². The molecule has 1 aliphatic heterocycles. The lowest BCUT2D eigenvalue weighted by Crippen LogP contribution is -2.47. The molecule has 0 aliphatic carbocycles. The summed E-state index contributed by atoms with van der Waals surface area (Å²) in [4.78, 5) is 7.44. The summed E-state index contributed by atoms with van der Waals surface area (Å²) in [6, 6.07) is 13.6. The number of aromatic nitrogens is 1. The SMILES string of the molecule is CC(C)N1CN(C#Cc2ccccc2)C(N)c2c[nH]cc21. The van der Waals surface area contributed by atoms with Gasteiger partial charge in [0.25, 0.3) is 0 Å². The van der Waals surface area contributed by atoms with Gasteiger partial charge in [0.2, 0.25) is 0 Å². The number of fused-ring (bicyclic) bond motifs is 1. The third kappa shape index (κ3) is 2.61. The molecule has 1 atom stereocenters. The van der Waals surface area contributed by atoms with Crippen LogP contribution in [0.4, 0.5) is 5.69 Å². The van der Waals surface area contributed by atoms with Gasteiger partial charge in [-0.05, 0) is 31.9 Å². The average Bonchev–Trinajstić information content (AvgIpc) is 2.97. The second-order valence-corrected chi connectivity index (χ2v) is 5.52. The molecule has 0 fully saturated rings. The van der Waals surface area contributed by atoms with Crippen LogP contribution in [0.5, 0.6) is 0 Å². The summed E-state index contributed by atoms with van der Waals surface area (Å²) < 4.78 is 0. The Balaban J connectivity index is 1.90. The molecule has 3 rings (SSSR count). The maximum atomic E-state index is 6.34. The Kier molecular flexibility index (Phi) is 3.59. The van der Waals surface area contributed by atoms with Crippen molar-refractivity contribution >= 4 is 5.69 Å². The molecule has 1 aliphatic rings. The van der Waals surface area contributed by atoms with Crippen molar-refractivity contribution in [3.05, 3.63) is 53.9 Å². The van der Waals surface area contributed by atoms with Crippen molar-refractivity contribution in [3.8, 4) is 12.0 Å². The molecule has 108 valence electrons. The van der Waals surface area contributed by atoms with Gasteiger partial charge >= 0.3 is 0 Å². The molecule has 4 nitrogen and oxygen atoms in total. The first kappa shape index (κ1) is 13.6. The number of nitrogens with two attached hydrogens (primary N) is 1. The zero-order chi connectivity index (χ0) is 14.8. The summed E-state index contributed by atoms with van der Waals surface area (Å²) in [5, 5.41) is 0.